The predicted molar refractivity (Wildman–Crippen MR) is 130 cm³/mol. The van der Waals surface area contributed by atoms with Crippen LogP contribution in [0, 0.1) is 22.7 Å². The van der Waals surface area contributed by atoms with Gasteiger partial charge < -0.3 is 19.7 Å². The van der Waals surface area contributed by atoms with Crippen LogP contribution >= 0.6 is 0 Å². The van der Waals surface area contributed by atoms with Crippen molar-refractivity contribution in [3.8, 4) is 11.5 Å². The second-order valence-electron chi connectivity index (χ2n) is 13.8. The van der Waals surface area contributed by atoms with E-state index < -0.39 is 11.2 Å². The zero-order valence-electron chi connectivity index (χ0n) is 21.5. The summed E-state index contributed by atoms with van der Waals surface area (Å²) in [5, 5.41) is 23.2. The lowest BCUT2D eigenvalue weighted by atomic mass is 9.33. The lowest BCUT2D eigenvalue weighted by molar-refractivity contribution is -0.312. The van der Waals surface area contributed by atoms with E-state index in [4.69, 9.17) is 9.47 Å². The van der Waals surface area contributed by atoms with Gasteiger partial charge in [0.05, 0.1) is 5.60 Å². The summed E-state index contributed by atoms with van der Waals surface area (Å²) in [4.78, 5) is 2.82. The first-order valence-corrected chi connectivity index (χ1v) is 13.6. The van der Waals surface area contributed by atoms with Crippen molar-refractivity contribution in [3.63, 3.8) is 0 Å². The number of nitrogens with zero attached hydrogens (tertiary/aromatic N) is 1. The normalized spacial score (nSPS) is 43.9. The maximum Gasteiger partial charge on any atom is 0.165 e. The molecule has 5 aliphatic carbocycles. The molecule has 4 saturated carbocycles. The summed E-state index contributed by atoms with van der Waals surface area (Å²) in [6, 6.07) is 4.46. The quantitative estimate of drug-likeness (QED) is 0.687. The Morgan fingerprint density at radius 1 is 1.15 bits per heavy atom. The summed E-state index contributed by atoms with van der Waals surface area (Å²) in [7, 11) is 1.83. The number of piperidine rings is 1. The van der Waals surface area contributed by atoms with Gasteiger partial charge in [0, 0.05) is 42.0 Å². The Morgan fingerprint density at radius 2 is 1.91 bits per heavy atom. The molecule has 5 nitrogen and oxygen atoms in total. The molecule has 5 heteroatoms. The van der Waals surface area contributed by atoms with Crippen molar-refractivity contribution < 1.29 is 19.7 Å². The molecule has 5 fully saturated rings. The number of hydrogen-bond donors (Lipinski definition) is 2. The van der Waals surface area contributed by atoms with Gasteiger partial charge in [0.15, 0.2) is 11.5 Å². The molecular weight excluding hydrogens is 426 g/mol. The van der Waals surface area contributed by atoms with E-state index in [-0.39, 0.29) is 34.0 Å². The number of hydrogen-bond acceptors (Lipinski definition) is 5. The molecule has 2 aliphatic heterocycles. The topological polar surface area (TPSA) is 62.2 Å². The maximum atomic E-state index is 12.2. The molecule has 1 saturated heterocycles. The maximum absolute atomic E-state index is 12.2. The number of aliphatic hydroxyl groups is 1. The number of rotatable bonds is 4. The van der Waals surface area contributed by atoms with Gasteiger partial charge in [-0.05, 0) is 81.4 Å². The Balaban J connectivity index is 1.47. The van der Waals surface area contributed by atoms with Crippen molar-refractivity contribution >= 4 is 0 Å². The van der Waals surface area contributed by atoms with E-state index in [0.717, 1.165) is 44.6 Å². The molecular formula is C29H41NO4. The average Bonchev–Trinajstić information content (AvgIpc) is 3.53. The molecule has 2 spiro atoms. The lowest BCUT2D eigenvalue weighted by Crippen LogP contribution is -2.83. The highest BCUT2D eigenvalue weighted by molar-refractivity contribution is 5.63. The zero-order chi connectivity index (χ0) is 23.9. The third-order valence-electron chi connectivity index (χ3n) is 11.9. The van der Waals surface area contributed by atoms with Gasteiger partial charge >= 0.3 is 0 Å². The Bertz CT molecular complexity index is 1060. The van der Waals surface area contributed by atoms with Gasteiger partial charge in [-0.2, -0.15) is 0 Å². The van der Waals surface area contributed by atoms with Gasteiger partial charge in [0.2, 0.25) is 0 Å². The minimum Gasteiger partial charge on any atom is -0.504 e. The predicted octanol–water partition coefficient (Wildman–Crippen LogP) is 4.41. The van der Waals surface area contributed by atoms with Crippen LogP contribution in [0.3, 0.4) is 0 Å². The van der Waals surface area contributed by atoms with Crippen molar-refractivity contribution in [2.24, 2.45) is 22.7 Å². The molecule has 0 radical (unpaired) electrons. The number of benzene rings is 1. The molecule has 0 aromatic heterocycles. The summed E-state index contributed by atoms with van der Waals surface area (Å²) in [5.41, 5.74) is 0.783. The highest BCUT2D eigenvalue weighted by atomic mass is 16.6. The highest BCUT2D eigenvalue weighted by Gasteiger charge is 2.82. The van der Waals surface area contributed by atoms with Crippen LogP contribution in [0.2, 0.25) is 0 Å². The SMILES string of the molecule is CO[C@]12CC[C@]3(C[C@H]1[C@](C)(O)C(C)(C)C)[C@H]1Cc4ccc(O)c5c4[C@]3(CCN1CC1CC1)[C@@H]2O5. The number of phenols is 1. The number of fused-ring (bicyclic) bond motifs is 2. The Kier molecular flexibility index (Phi) is 4.08. The Labute approximate surface area is 203 Å². The average molecular weight is 468 g/mol. The smallest absolute Gasteiger partial charge is 0.165 e. The fourth-order valence-corrected chi connectivity index (χ4v) is 9.58. The summed E-state index contributed by atoms with van der Waals surface area (Å²) >= 11 is 0. The summed E-state index contributed by atoms with van der Waals surface area (Å²) < 4.78 is 13.5. The minimum absolute atomic E-state index is 0.0294. The van der Waals surface area contributed by atoms with Gasteiger partial charge in [0.1, 0.15) is 11.7 Å². The highest BCUT2D eigenvalue weighted by Crippen LogP contribution is 2.78. The monoisotopic (exact) mass is 467 g/mol. The van der Waals surface area contributed by atoms with E-state index >= 15 is 0 Å². The summed E-state index contributed by atoms with van der Waals surface area (Å²) in [5.74, 6) is 1.80. The first kappa shape index (κ1) is 21.9. The minimum atomic E-state index is -0.909. The summed E-state index contributed by atoms with van der Waals surface area (Å²) in [6.07, 6.45) is 7.64. The first-order valence-electron chi connectivity index (χ1n) is 13.6. The van der Waals surface area contributed by atoms with Gasteiger partial charge in [-0.3, -0.25) is 4.90 Å². The molecule has 4 bridgehead atoms. The molecule has 186 valence electrons. The molecule has 7 aliphatic rings. The van der Waals surface area contributed by atoms with Crippen LogP contribution in [0.5, 0.6) is 11.5 Å². The van der Waals surface area contributed by atoms with Gasteiger partial charge in [0.25, 0.3) is 0 Å². The van der Waals surface area contributed by atoms with Gasteiger partial charge in [-0.1, -0.05) is 26.8 Å². The van der Waals surface area contributed by atoms with Gasteiger partial charge in [-0.25, -0.2) is 0 Å². The fourth-order valence-electron chi connectivity index (χ4n) is 9.58. The van der Waals surface area contributed by atoms with Crippen LogP contribution in [-0.4, -0.2) is 58.7 Å². The van der Waals surface area contributed by atoms with E-state index in [1.807, 2.05) is 20.1 Å². The van der Waals surface area contributed by atoms with E-state index in [1.54, 1.807) is 0 Å². The van der Waals surface area contributed by atoms with Crippen LogP contribution in [0.4, 0.5) is 0 Å². The first-order chi connectivity index (χ1) is 16.0. The van der Waals surface area contributed by atoms with Crippen LogP contribution in [0.15, 0.2) is 12.1 Å². The van der Waals surface area contributed by atoms with Crippen molar-refractivity contribution in [2.75, 3.05) is 20.2 Å². The van der Waals surface area contributed by atoms with Gasteiger partial charge in [-0.15, -0.1) is 0 Å². The van der Waals surface area contributed by atoms with Crippen molar-refractivity contribution in [1.29, 1.82) is 0 Å². The van der Waals surface area contributed by atoms with Crippen LogP contribution in [0.25, 0.3) is 0 Å². The van der Waals surface area contributed by atoms with Crippen molar-refractivity contribution in [3.05, 3.63) is 23.3 Å². The number of aromatic hydroxyl groups is 1. The molecule has 2 heterocycles. The number of likely N-dealkylation sites (tertiary alicyclic amines) is 1. The molecule has 1 aromatic rings. The molecule has 1 aromatic carbocycles. The second-order valence-corrected chi connectivity index (χ2v) is 13.8. The lowest BCUT2D eigenvalue weighted by Gasteiger charge is -2.75. The van der Waals surface area contributed by atoms with E-state index in [0.29, 0.717) is 11.8 Å². The van der Waals surface area contributed by atoms with Crippen LogP contribution in [0.1, 0.15) is 77.3 Å². The van der Waals surface area contributed by atoms with Crippen molar-refractivity contribution in [2.45, 2.75) is 101 Å². The Hall–Kier alpha value is -1.30. The molecule has 34 heavy (non-hydrogen) atoms. The zero-order valence-corrected chi connectivity index (χ0v) is 21.5. The summed E-state index contributed by atoms with van der Waals surface area (Å²) in [6.45, 7) is 10.8. The molecule has 0 unspecified atom stereocenters. The van der Waals surface area contributed by atoms with Crippen LogP contribution in [-0.2, 0) is 16.6 Å². The number of ether oxygens (including phenoxy) is 2. The standard InChI is InChI=1S/C29H41NO4/c1-25(2,3)26(4,32)20-15-27-10-11-29(20,33-5)24-28(27)12-13-30(16-17-6-7-17)21(27)14-18-8-9-19(31)23(34-24)22(18)28/h8-9,17,20-21,24,31-32H,6-7,10-16H2,1-5H3/t20-,21+,24-,26-,27-,28+,29+/m0/s1. The van der Waals surface area contributed by atoms with E-state index in [9.17, 15) is 10.2 Å². The third kappa shape index (κ3) is 2.25. The largest absolute Gasteiger partial charge is 0.504 e. The van der Waals surface area contributed by atoms with Crippen molar-refractivity contribution in [1.82, 2.24) is 4.90 Å². The van der Waals surface area contributed by atoms with Crippen LogP contribution < -0.4 is 4.74 Å². The van der Waals surface area contributed by atoms with E-state index in [2.05, 4.69) is 31.7 Å². The van der Waals surface area contributed by atoms with E-state index in [1.165, 1.54) is 30.5 Å². The second kappa shape index (κ2) is 6.33. The molecule has 2 N–H and O–H groups in total. The Morgan fingerprint density at radius 3 is 2.59 bits per heavy atom. The number of phenolic OH excluding ortho intramolecular Hbond substituents is 1. The number of methoxy groups -OCH3 is 1. The molecule has 8 rings (SSSR count). The molecule has 7 atom stereocenters. The third-order valence-corrected chi connectivity index (χ3v) is 11.9. The molecule has 0 amide bonds. The fraction of sp³-hybridized carbons (Fsp3) is 0.793.